The average Bonchev–Trinajstić information content (AvgIpc) is 2.91. The SMILES string of the molecule is COc1ccc(-c2cc(C(=O)OC(C)C(=O)Nc3cccc(C(C)=O)c3)c3ccccc3n2)cc1OC. The molecule has 37 heavy (non-hydrogen) atoms. The molecule has 188 valence electrons. The number of anilines is 1. The minimum atomic E-state index is -1.09. The number of hydrogen-bond acceptors (Lipinski definition) is 7. The quantitative estimate of drug-likeness (QED) is 0.259. The number of rotatable bonds is 8. The van der Waals surface area contributed by atoms with Crippen LogP contribution in [-0.2, 0) is 9.53 Å². The molecule has 0 aliphatic heterocycles. The molecular weight excluding hydrogens is 472 g/mol. The number of amides is 1. The molecule has 8 nitrogen and oxygen atoms in total. The van der Waals surface area contributed by atoms with E-state index in [9.17, 15) is 14.4 Å². The van der Waals surface area contributed by atoms with E-state index in [0.29, 0.717) is 44.9 Å². The Bertz CT molecular complexity index is 1500. The normalized spacial score (nSPS) is 11.5. The van der Waals surface area contributed by atoms with Crippen LogP contribution in [0.5, 0.6) is 11.5 Å². The molecule has 0 saturated carbocycles. The standard InChI is InChI=1S/C29H26N2O6/c1-17(32)19-8-7-9-21(14-19)30-28(33)18(2)37-29(34)23-16-25(31-24-11-6-5-10-22(23)24)20-12-13-26(35-3)27(15-20)36-4/h5-16,18H,1-4H3,(H,30,33). The van der Waals surface area contributed by atoms with Crippen molar-refractivity contribution in [3.8, 4) is 22.8 Å². The minimum absolute atomic E-state index is 0.120. The minimum Gasteiger partial charge on any atom is -0.493 e. The first-order valence-electron chi connectivity index (χ1n) is 11.6. The Kier molecular flexibility index (Phi) is 7.48. The number of para-hydroxylation sites is 1. The van der Waals surface area contributed by atoms with Gasteiger partial charge in [-0.3, -0.25) is 9.59 Å². The van der Waals surface area contributed by atoms with Crippen LogP contribution in [0.1, 0.15) is 34.6 Å². The molecule has 8 heteroatoms. The molecule has 3 aromatic carbocycles. The number of ether oxygens (including phenoxy) is 3. The molecule has 0 fully saturated rings. The summed E-state index contributed by atoms with van der Waals surface area (Å²) in [5.74, 6) is -0.211. The molecule has 1 heterocycles. The lowest BCUT2D eigenvalue weighted by Crippen LogP contribution is -2.30. The van der Waals surface area contributed by atoms with E-state index >= 15 is 0 Å². The van der Waals surface area contributed by atoms with Crippen molar-refractivity contribution in [3.05, 3.63) is 83.9 Å². The second-order valence-corrected chi connectivity index (χ2v) is 8.32. The van der Waals surface area contributed by atoms with Gasteiger partial charge in [-0.05, 0) is 56.3 Å². The van der Waals surface area contributed by atoms with E-state index in [2.05, 4.69) is 5.32 Å². The van der Waals surface area contributed by atoms with Gasteiger partial charge >= 0.3 is 5.97 Å². The maximum absolute atomic E-state index is 13.3. The predicted octanol–water partition coefficient (Wildman–Crippen LogP) is 5.31. The number of carbonyl (C=O) groups excluding carboxylic acids is 3. The molecule has 1 unspecified atom stereocenters. The van der Waals surface area contributed by atoms with Gasteiger partial charge in [-0.15, -0.1) is 0 Å². The van der Waals surface area contributed by atoms with Gasteiger partial charge in [0.15, 0.2) is 23.4 Å². The monoisotopic (exact) mass is 498 g/mol. The number of hydrogen-bond donors (Lipinski definition) is 1. The van der Waals surface area contributed by atoms with Gasteiger partial charge in [-0.25, -0.2) is 9.78 Å². The molecule has 1 N–H and O–H groups in total. The summed E-state index contributed by atoms with van der Waals surface area (Å²) >= 11 is 0. The number of carbonyl (C=O) groups is 3. The first-order valence-corrected chi connectivity index (χ1v) is 11.6. The van der Waals surface area contributed by atoms with Crippen molar-refractivity contribution in [2.24, 2.45) is 0 Å². The van der Waals surface area contributed by atoms with Gasteiger partial charge in [0.2, 0.25) is 0 Å². The van der Waals surface area contributed by atoms with Crippen molar-refractivity contribution in [3.63, 3.8) is 0 Å². The van der Waals surface area contributed by atoms with Crippen molar-refractivity contribution in [1.82, 2.24) is 4.98 Å². The number of Topliss-reactive ketones (excluding diaryl/α,β-unsaturated/α-hetero) is 1. The van der Waals surface area contributed by atoms with Crippen molar-refractivity contribution < 1.29 is 28.6 Å². The van der Waals surface area contributed by atoms with E-state index < -0.39 is 18.0 Å². The highest BCUT2D eigenvalue weighted by Gasteiger charge is 2.22. The highest BCUT2D eigenvalue weighted by atomic mass is 16.5. The van der Waals surface area contributed by atoms with Crippen LogP contribution in [0.25, 0.3) is 22.2 Å². The molecule has 4 rings (SSSR count). The van der Waals surface area contributed by atoms with Crippen LogP contribution in [0, 0.1) is 0 Å². The fraction of sp³-hybridized carbons (Fsp3) is 0.172. The molecule has 1 amide bonds. The van der Waals surface area contributed by atoms with E-state index in [0.717, 1.165) is 0 Å². The molecule has 0 saturated heterocycles. The van der Waals surface area contributed by atoms with E-state index in [1.807, 2.05) is 12.1 Å². The number of methoxy groups -OCH3 is 2. The zero-order chi connectivity index (χ0) is 26.5. The second-order valence-electron chi connectivity index (χ2n) is 8.32. The number of fused-ring (bicyclic) bond motifs is 1. The molecule has 4 aromatic rings. The Hall–Kier alpha value is -4.72. The lowest BCUT2D eigenvalue weighted by atomic mass is 10.0. The summed E-state index contributed by atoms with van der Waals surface area (Å²) in [4.78, 5) is 42.3. The summed E-state index contributed by atoms with van der Waals surface area (Å²) in [6.07, 6.45) is -1.09. The smallest absolute Gasteiger partial charge is 0.339 e. The van der Waals surface area contributed by atoms with Crippen LogP contribution in [-0.4, -0.2) is 43.0 Å². The molecule has 0 aliphatic rings. The number of nitrogens with one attached hydrogen (secondary N) is 1. The first kappa shape index (κ1) is 25.4. The van der Waals surface area contributed by atoms with Gasteiger partial charge in [0.25, 0.3) is 5.91 Å². The average molecular weight is 499 g/mol. The zero-order valence-electron chi connectivity index (χ0n) is 20.9. The number of pyridine rings is 1. The zero-order valence-corrected chi connectivity index (χ0v) is 20.9. The van der Waals surface area contributed by atoms with Crippen LogP contribution in [0.2, 0.25) is 0 Å². The molecular formula is C29H26N2O6. The summed E-state index contributed by atoms with van der Waals surface area (Å²) in [7, 11) is 3.10. The Morgan fingerprint density at radius 2 is 1.62 bits per heavy atom. The second kappa shape index (κ2) is 10.9. The van der Waals surface area contributed by atoms with Crippen LogP contribution >= 0.6 is 0 Å². The Morgan fingerprint density at radius 1 is 0.865 bits per heavy atom. The topological polar surface area (TPSA) is 104 Å². The van der Waals surface area contributed by atoms with Gasteiger partial charge in [-0.2, -0.15) is 0 Å². The molecule has 0 radical (unpaired) electrons. The lowest BCUT2D eigenvalue weighted by Gasteiger charge is -2.16. The maximum Gasteiger partial charge on any atom is 0.339 e. The fourth-order valence-electron chi connectivity index (χ4n) is 3.83. The third-order valence-electron chi connectivity index (χ3n) is 5.81. The van der Waals surface area contributed by atoms with E-state index in [1.165, 1.54) is 13.8 Å². The summed E-state index contributed by atoms with van der Waals surface area (Å²) in [5, 5.41) is 3.28. The Balaban J connectivity index is 1.61. The summed E-state index contributed by atoms with van der Waals surface area (Å²) < 4.78 is 16.3. The van der Waals surface area contributed by atoms with Crippen molar-refractivity contribution in [2.45, 2.75) is 20.0 Å². The van der Waals surface area contributed by atoms with E-state index in [-0.39, 0.29) is 11.3 Å². The summed E-state index contributed by atoms with van der Waals surface area (Å²) in [5.41, 5.74) is 3.02. The van der Waals surface area contributed by atoms with Gasteiger partial charge in [0, 0.05) is 22.2 Å². The number of esters is 1. The van der Waals surface area contributed by atoms with Crippen molar-refractivity contribution >= 4 is 34.3 Å². The maximum atomic E-state index is 13.3. The number of ketones is 1. The number of benzene rings is 3. The van der Waals surface area contributed by atoms with Crippen LogP contribution in [0.4, 0.5) is 5.69 Å². The van der Waals surface area contributed by atoms with Crippen molar-refractivity contribution in [1.29, 1.82) is 0 Å². The van der Waals surface area contributed by atoms with Gasteiger partial charge < -0.3 is 19.5 Å². The number of aromatic nitrogens is 1. The molecule has 1 atom stereocenters. The van der Waals surface area contributed by atoms with E-state index in [4.69, 9.17) is 19.2 Å². The molecule has 0 aliphatic carbocycles. The first-order chi connectivity index (χ1) is 17.8. The largest absolute Gasteiger partial charge is 0.493 e. The van der Waals surface area contributed by atoms with Crippen LogP contribution in [0.15, 0.2) is 72.8 Å². The summed E-state index contributed by atoms with van der Waals surface area (Å²) in [6, 6.07) is 20.7. The third kappa shape index (κ3) is 5.59. The molecule has 1 aromatic heterocycles. The predicted molar refractivity (Wildman–Crippen MR) is 140 cm³/mol. The molecule has 0 bridgehead atoms. The lowest BCUT2D eigenvalue weighted by molar-refractivity contribution is -0.123. The number of nitrogens with zero attached hydrogens (tertiary/aromatic N) is 1. The van der Waals surface area contributed by atoms with Crippen LogP contribution < -0.4 is 14.8 Å². The fourth-order valence-corrected chi connectivity index (χ4v) is 3.83. The Labute approximate surface area is 214 Å². The molecule has 0 spiro atoms. The van der Waals surface area contributed by atoms with Gasteiger partial charge in [0.1, 0.15) is 0 Å². The van der Waals surface area contributed by atoms with Crippen LogP contribution in [0.3, 0.4) is 0 Å². The van der Waals surface area contributed by atoms with Gasteiger partial charge in [0.05, 0.1) is 31.0 Å². The van der Waals surface area contributed by atoms with Crippen molar-refractivity contribution in [2.75, 3.05) is 19.5 Å². The summed E-state index contributed by atoms with van der Waals surface area (Å²) in [6.45, 7) is 2.93. The highest BCUT2D eigenvalue weighted by molar-refractivity contribution is 6.06. The van der Waals surface area contributed by atoms with E-state index in [1.54, 1.807) is 74.9 Å². The Morgan fingerprint density at radius 3 is 2.35 bits per heavy atom. The third-order valence-corrected chi connectivity index (χ3v) is 5.81. The van der Waals surface area contributed by atoms with Gasteiger partial charge in [-0.1, -0.05) is 30.3 Å². The highest BCUT2D eigenvalue weighted by Crippen LogP contribution is 2.33.